The Morgan fingerprint density at radius 3 is 2.52 bits per heavy atom. The molecule has 4 N–H and O–H groups in total. The highest BCUT2D eigenvalue weighted by atomic mass is 32.1. The molecule has 1 amide bonds. The molecule has 0 aliphatic carbocycles. The Kier molecular flexibility index (Phi) is 7.09. The molecule has 1 aromatic heterocycles. The van der Waals surface area contributed by atoms with Crippen molar-refractivity contribution in [2.45, 2.75) is 19.8 Å². The van der Waals surface area contributed by atoms with E-state index in [4.69, 9.17) is 5.73 Å². The van der Waals surface area contributed by atoms with E-state index in [0.29, 0.717) is 28.7 Å². The van der Waals surface area contributed by atoms with Gasteiger partial charge < -0.3 is 15.9 Å². The quantitative estimate of drug-likeness (QED) is 0.243. The molecule has 0 radical (unpaired) electrons. The third-order valence-electron chi connectivity index (χ3n) is 5.59. The molecular formula is C26H25N2O3PS. The lowest BCUT2D eigenvalue weighted by Crippen LogP contribution is -2.13. The van der Waals surface area contributed by atoms with Crippen LogP contribution in [0.3, 0.4) is 0 Å². The summed E-state index contributed by atoms with van der Waals surface area (Å²) < 4.78 is 11.8. The smallest absolute Gasteiger partial charge is 0.255 e. The monoisotopic (exact) mass is 476 g/mol. The molecule has 168 valence electrons. The molecule has 0 saturated carbocycles. The highest BCUT2D eigenvalue weighted by Gasteiger charge is 2.13. The van der Waals surface area contributed by atoms with Gasteiger partial charge in [-0.2, -0.15) is 0 Å². The van der Waals surface area contributed by atoms with E-state index >= 15 is 0 Å². The van der Waals surface area contributed by atoms with Crippen molar-refractivity contribution >= 4 is 42.0 Å². The molecule has 3 aromatic carbocycles. The minimum Gasteiger partial charge on any atom is -0.397 e. The summed E-state index contributed by atoms with van der Waals surface area (Å²) in [6, 6.07) is 22.4. The van der Waals surface area contributed by atoms with E-state index < -0.39 is 8.03 Å². The van der Waals surface area contributed by atoms with Crippen molar-refractivity contribution in [1.82, 2.24) is 0 Å². The zero-order valence-electron chi connectivity index (χ0n) is 18.2. The number of rotatable bonds is 7. The molecule has 4 rings (SSSR count). The molecule has 0 saturated heterocycles. The maximum absolute atomic E-state index is 12.8. The zero-order chi connectivity index (χ0) is 23.4. The fraction of sp³-hybridized carbons (Fsp3) is 0.115. The second kappa shape index (κ2) is 10.2. The number of nitrogens with two attached hydrogens (primary N) is 1. The van der Waals surface area contributed by atoms with Crippen LogP contribution in [0.5, 0.6) is 0 Å². The van der Waals surface area contributed by atoms with Gasteiger partial charge in [0.1, 0.15) is 0 Å². The first-order chi connectivity index (χ1) is 16.0. The summed E-state index contributed by atoms with van der Waals surface area (Å²) in [4.78, 5) is 23.7. The second-order valence-corrected chi connectivity index (χ2v) is 9.81. The van der Waals surface area contributed by atoms with Gasteiger partial charge in [0.15, 0.2) is 0 Å². The van der Waals surface area contributed by atoms with E-state index in [1.807, 2.05) is 60.8 Å². The van der Waals surface area contributed by atoms with Gasteiger partial charge in [-0.05, 0) is 76.9 Å². The van der Waals surface area contributed by atoms with Gasteiger partial charge in [-0.3, -0.25) is 9.36 Å². The van der Waals surface area contributed by atoms with E-state index in [1.54, 1.807) is 35.6 Å². The van der Waals surface area contributed by atoms with Gasteiger partial charge in [-0.25, -0.2) is 0 Å². The maximum Gasteiger partial charge on any atom is 0.255 e. The summed E-state index contributed by atoms with van der Waals surface area (Å²) >= 11 is 1.63. The van der Waals surface area contributed by atoms with Gasteiger partial charge in [0.2, 0.25) is 8.03 Å². The largest absolute Gasteiger partial charge is 0.397 e. The number of amides is 1. The number of carbonyl (C=O) groups excluding carboxylic acids is 1. The minimum atomic E-state index is -2.80. The van der Waals surface area contributed by atoms with Gasteiger partial charge >= 0.3 is 0 Å². The standard InChI is InChI=1S/C26H25N2O3PS/c1-2-18-5-3-6-24(32(30)31)21(18)15-17-8-10-19(11-9-17)26(29)28-23-16-20(12-13-22(23)27)25-7-4-14-33-25/h3-14,16,32H,2,15,27H2,1H3,(H,28,29)(H,30,31). The third-order valence-corrected chi connectivity index (χ3v) is 7.44. The maximum atomic E-state index is 12.8. The Morgan fingerprint density at radius 2 is 1.85 bits per heavy atom. The van der Waals surface area contributed by atoms with E-state index in [1.165, 1.54) is 0 Å². The number of benzene rings is 3. The van der Waals surface area contributed by atoms with Crippen LogP contribution in [0.4, 0.5) is 11.4 Å². The van der Waals surface area contributed by atoms with Gasteiger partial charge in [-0.1, -0.05) is 43.3 Å². The minimum absolute atomic E-state index is 0.244. The van der Waals surface area contributed by atoms with Crippen molar-refractivity contribution < 1.29 is 14.3 Å². The lowest BCUT2D eigenvalue weighted by atomic mass is 9.97. The van der Waals surface area contributed by atoms with E-state index in [0.717, 1.165) is 33.6 Å². The fourth-order valence-electron chi connectivity index (χ4n) is 3.81. The number of aryl methyl sites for hydroxylation is 1. The average Bonchev–Trinajstić information content (AvgIpc) is 3.36. The molecule has 5 nitrogen and oxygen atoms in total. The summed E-state index contributed by atoms with van der Waals surface area (Å²) in [5, 5.41) is 5.42. The molecule has 1 atom stereocenters. The Labute approximate surface area is 197 Å². The average molecular weight is 477 g/mol. The van der Waals surface area contributed by atoms with Crippen molar-refractivity contribution in [3.63, 3.8) is 0 Å². The molecule has 0 aliphatic rings. The van der Waals surface area contributed by atoms with Gasteiger partial charge in [0.05, 0.1) is 11.4 Å². The predicted molar refractivity (Wildman–Crippen MR) is 138 cm³/mol. The third kappa shape index (κ3) is 5.25. The molecular weight excluding hydrogens is 451 g/mol. The number of thiophene rings is 1. The van der Waals surface area contributed by atoms with Crippen LogP contribution < -0.4 is 16.4 Å². The van der Waals surface area contributed by atoms with Gasteiger partial charge in [0, 0.05) is 15.7 Å². The Bertz CT molecular complexity index is 1300. The highest BCUT2D eigenvalue weighted by molar-refractivity contribution is 7.47. The Morgan fingerprint density at radius 1 is 1.06 bits per heavy atom. The van der Waals surface area contributed by atoms with Gasteiger partial charge in [-0.15, -0.1) is 11.3 Å². The number of anilines is 2. The topological polar surface area (TPSA) is 92.4 Å². The summed E-state index contributed by atoms with van der Waals surface area (Å²) in [7, 11) is -2.80. The van der Waals surface area contributed by atoms with Crippen LogP contribution in [-0.2, 0) is 17.4 Å². The first-order valence-corrected chi connectivity index (χ1v) is 12.9. The molecule has 7 heteroatoms. The molecule has 0 fully saturated rings. The summed E-state index contributed by atoms with van der Waals surface area (Å²) in [6.45, 7) is 2.03. The second-order valence-electron chi connectivity index (χ2n) is 7.71. The van der Waals surface area contributed by atoms with Crippen molar-refractivity contribution in [1.29, 1.82) is 0 Å². The number of hydrogen-bond donors (Lipinski definition) is 3. The lowest BCUT2D eigenvalue weighted by molar-refractivity contribution is 0.102. The highest BCUT2D eigenvalue weighted by Crippen LogP contribution is 2.30. The Balaban J connectivity index is 1.52. The van der Waals surface area contributed by atoms with Crippen molar-refractivity contribution in [3.8, 4) is 10.4 Å². The van der Waals surface area contributed by atoms with Crippen LogP contribution in [0.2, 0.25) is 0 Å². The van der Waals surface area contributed by atoms with Crippen LogP contribution in [0, 0.1) is 0 Å². The van der Waals surface area contributed by atoms with Crippen molar-refractivity contribution in [2.75, 3.05) is 11.1 Å². The van der Waals surface area contributed by atoms with Crippen LogP contribution in [0.25, 0.3) is 10.4 Å². The predicted octanol–water partition coefficient (Wildman–Crippen LogP) is 5.50. The van der Waals surface area contributed by atoms with Crippen LogP contribution in [0.1, 0.15) is 34.0 Å². The van der Waals surface area contributed by atoms with Gasteiger partial charge in [0.25, 0.3) is 5.91 Å². The fourth-order valence-corrected chi connectivity index (χ4v) is 5.28. The first-order valence-electron chi connectivity index (χ1n) is 10.6. The van der Waals surface area contributed by atoms with Crippen LogP contribution in [-0.4, -0.2) is 10.8 Å². The van der Waals surface area contributed by atoms with Crippen molar-refractivity contribution in [2.24, 2.45) is 0 Å². The molecule has 0 spiro atoms. The SMILES string of the molecule is CCc1cccc([PH](=O)O)c1Cc1ccc(C(=O)Nc2cc(-c3cccs3)ccc2N)cc1. The molecule has 1 unspecified atom stereocenters. The molecule has 0 bridgehead atoms. The molecule has 1 heterocycles. The number of nitrogen functional groups attached to an aromatic ring is 1. The van der Waals surface area contributed by atoms with Crippen LogP contribution >= 0.6 is 19.4 Å². The van der Waals surface area contributed by atoms with E-state index in [2.05, 4.69) is 5.32 Å². The molecule has 4 aromatic rings. The number of hydrogen-bond acceptors (Lipinski definition) is 4. The summed E-state index contributed by atoms with van der Waals surface area (Å²) in [6.07, 6.45) is 1.32. The Hall–Kier alpha value is -3.18. The van der Waals surface area contributed by atoms with E-state index in [-0.39, 0.29) is 5.91 Å². The normalized spacial score (nSPS) is 11.8. The van der Waals surface area contributed by atoms with Crippen molar-refractivity contribution in [3.05, 3.63) is 100 Å². The first kappa shape index (κ1) is 23.0. The van der Waals surface area contributed by atoms with E-state index in [9.17, 15) is 14.3 Å². The molecule has 0 aliphatic heterocycles. The molecule has 33 heavy (non-hydrogen) atoms. The zero-order valence-corrected chi connectivity index (χ0v) is 20.0. The lowest BCUT2D eigenvalue weighted by Gasteiger charge is -2.13. The van der Waals surface area contributed by atoms with Crippen LogP contribution in [0.15, 0.2) is 78.2 Å². The number of nitrogens with one attached hydrogen (secondary N) is 1. The summed E-state index contributed by atoms with van der Waals surface area (Å²) in [5.74, 6) is -0.244. The number of carbonyl (C=O) groups is 1. The summed E-state index contributed by atoms with van der Waals surface area (Å²) in [5.41, 5.74) is 11.6.